The van der Waals surface area contributed by atoms with E-state index >= 15 is 0 Å². The predicted molar refractivity (Wildman–Crippen MR) is 54.0 cm³/mol. The second-order valence-corrected chi connectivity index (χ2v) is 3.55. The van der Waals surface area contributed by atoms with Crippen LogP contribution in [0.25, 0.3) is 0 Å². The number of methoxy groups -OCH3 is 1. The van der Waals surface area contributed by atoms with Gasteiger partial charge in [0.2, 0.25) is 5.88 Å². The number of nitrogens with zero attached hydrogens (tertiary/aromatic N) is 1. The van der Waals surface area contributed by atoms with Crippen molar-refractivity contribution in [1.29, 1.82) is 0 Å². The highest BCUT2D eigenvalue weighted by Gasteiger charge is 2.01. The molecule has 1 rings (SSSR count). The Balaban J connectivity index is 2.54. The van der Waals surface area contributed by atoms with Gasteiger partial charge < -0.3 is 9.84 Å². The van der Waals surface area contributed by atoms with Crippen molar-refractivity contribution in [3.05, 3.63) is 23.9 Å². The SMILES string of the molecule is COc1ncccc1CSCCO. The van der Waals surface area contributed by atoms with Gasteiger partial charge in [-0.2, -0.15) is 11.8 Å². The molecular weight excluding hydrogens is 186 g/mol. The standard InChI is InChI=1S/C9H13NO2S/c1-12-9-8(3-2-4-10-9)7-13-6-5-11/h2-4,11H,5-7H2,1H3. The van der Waals surface area contributed by atoms with Crippen LogP contribution in [0.2, 0.25) is 0 Å². The summed E-state index contributed by atoms with van der Waals surface area (Å²) in [5.74, 6) is 2.25. The molecule has 1 N–H and O–H groups in total. The highest BCUT2D eigenvalue weighted by molar-refractivity contribution is 7.98. The second kappa shape index (κ2) is 5.83. The summed E-state index contributed by atoms with van der Waals surface area (Å²) in [6, 6.07) is 3.87. The van der Waals surface area contributed by atoms with Gasteiger partial charge >= 0.3 is 0 Å². The van der Waals surface area contributed by atoms with Crippen LogP contribution in [0.15, 0.2) is 18.3 Å². The maximum Gasteiger partial charge on any atom is 0.217 e. The maximum atomic E-state index is 8.60. The molecule has 0 aliphatic carbocycles. The molecule has 0 fully saturated rings. The van der Waals surface area contributed by atoms with Gasteiger partial charge in [0.15, 0.2) is 0 Å². The Bertz CT molecular complexity index is 255. The largest absolute Gasteiger partial charge is 0.481 e. The van der Waals surface area contributed by atoms with E-state index in [0.29, 0.717) is 5.88 Å². The zero-order valence-electron chi connectivity index (χ0n) is 7.56. The molecule has 0 aromatic carbocycles. The van der Waals surface area contributed by atoms with Crippen molar-refractivity contribution in [2.75, 3.05) is 19.5 Å². The highest BCUT2D eigenvalue weighted by Crippen LogP contribution is 2.19. The Kier molecular flexibility index (Phi) is 4.64. The summed E-state index contributed by atoms with van der Waals surface area (Å²) in [6.45, 7) is 0.216. The molecule has 1 aromatic heterocycles. The molecule has 0 bridgehead atoms. The van der Waals surface area contributed by atoms with E-state index < -0.39 is 0 Å². The average Bonchev–Trinajstić information content (AvgIpc) is 2.19. The monoisotopic (exact) mass is 199 g/mol. The first kappa shape index (κ1) is 10.3. The van der Waals surface area contributed by atoms with Gasteiger partial charge in [0.25, 0.3) is 0 Å². The smallest absolute Gasteiger partial charge is 0.217 e. The molecule has 0 saturated carbocycles. The average molecular weight is 199 g/mol. The van der Waals surface area contributed by atoms with Crippen molar-refractivity contribution in [1.82, 2.24) is 4.98 Å². The van der Waals surface area contributed by atoms with Crippen LogP contribution in [0.5, 0.6) is 5.88 Å². The molecule has 0 amide bonds. The number of pyridine rings is 1. The first-order valence-corrected chi connectivity index (χ1v) is 5.20. The highest BCUT2D eigenvalue weighted by atomic mass is 32.2. The number of hydrogen-bond donors (Lipinski definition) is 1. The number of ether oxygens (including phenoxy) is 1. The van der Waals surface area contributed by atoms with Gasteiger partial charge in [0.05, 0.1) is 13.7 Å². The third kappa shape index (κ3) is 3.24. The van der Waals surface area contributed by atoms with E-state index in [-0.39, 0.29) is 6.61 Å². The molecule has 0 aliphatic rings. The van der Waals surface area contributed by atoms with Crippen LogP contribution >= 0.6 is 11.8 Å². The molecule has 72 valence electrons. The van der Waals surface area contributed by atoms with E-state index in [2.05, 4.69) is 4.98 Å². The number of rotatable bonds is 5. The zero-order chi connectivity index (χ0) is 9.52. The molecule has 13 heavy (non-hydrogen) atoms. The van der Waals surface area contributed by atoms with Gasteiger partial charge in [-0.25, -0.2) is 4.98 Å². The minimum Gasteiger partial charge on any atom is -0.481 e. The molecule has 0 unspecified atom stereocenters. The summed E-state index contributed by atoms with van der Waals surface area (Å²) < 4.78 is 5.09. The molecule has 0 atom stereocenters. The Labute approximate surface area is 82.1 Å². The van der Waals surface area contributed by atoms with Crippen LogP contribution in [0.3, 0.4) is 0 Å². The fourth-order valence-corrected chi connectivity index (χ4v) is 1.68. The lowest BCUT2D eigenvalue weighted by Crippen LogP contribution is -1.94. The van der Waals surface area contributed by atoms with E-state index in [0.717, 1.165) is 17.1 Å². The van der Waals surface area contributed by atoms with E-state index in [9.17, 15) is 0 Å². The summed E-state index contributed by atoms with van der Waals surface area (Å²) in [7, 11) is 1.61. The van der Waals surface area contributed by atoms with Gasteiger partial charge in [0, 0.05) is 23.3 Å². The number of aliphatic hydroxyl groups is 1. The van der Waals surface area contributed by atoms with Gasteiger partial charge in [-0.05, 0) is 6.07 Å². The van der Waals surface area contributed by atoms with Crippen LogP contribution in [0, 0.1) is 0 Å². The van der Waals surface area contributed by atoms with Gasteiger partial charge in [-0.1, -0.05) is 6.07 Å². The number of thioether (sulfide) groups is 1. The van der Waals surface area contributed by atoms with Crippen molar-refractivity contribution in [3.8, 4) is 5.88 Å². The first-order valence-electron chi connectivity index (χ1n) is 4.05. The minimum absolute atomic E-state index is 0.216. The third-order valence-electron chi connectivity index (χ3n) is 1.54. The van der Waals surface area contributed by atoms with Crippen LogP contribution in [0.4, 0.5) is 0 Å². The molecule has 0 aliphatic heterocycles. The Morgan fingerprint density at radius 3 is 3.15 bits per heavy atom. The van der Waals surface area contributed by atoms with E-state index in [1.807, 2.05) is 12.1 Å². The summed E-state index contributed by atoms with van der Waals surface area (Å²) >= 11 is 1.67. The molecule has 1 aromatic rings. The lowest BCUT2D eigenvalue weighted by atomic mass is 10.3. The lowest BCUT2D eigenvalue weighted by molar-refractivity contribution is 0.322. The minimum atomic E-state index is 0.216. The van der Waals surface area contributed by atoms with E-state index in [1.165, 1.54) is 0 Å². The van der Waals surface area contributed by atoms with Crippen LogP contribution in [-0.2, 0) is 5.75 Å². The van der Waals surface area contributed by atoms with Crippen molar-refractivity contribution in [2.45, 2.75) is 5.75 Å². The number of aliphatic hydroxyl groups excluding tert-OH is 1. The third-order valence-corrected chi connectivity index (χ3v) is 2.52. The topological polar surface area (TPSA) is 42.4 Å². The van der Waals surface area contributed by atoms with Crippen molar-refractivity contribution in [3.63, 3.8) is 0 Å². The Morgan fingerprint density at radius 1 is 1.62 bits per heavy atom. The van der Waals surface area contributed by atoms with Crippen LogP contribution < -0.4 is 4.74 Å². The van der Waals surface area contributed by atoms with Gasteiger partial charge in [-0.15, -0.1) is 0 Å². The Hall–Kier alpha value is -0.740. The maximum absolute atomic E-state index is 8.60. The summed E-state index contributed by atoms with van der Waals surface area (Å²) in [4.78, 5) is 4.08. The van der Waals surface area contributed by atoms with Gasteiger partial charge in [0.1, 0.15) is 0 Å². The van der Waals surface area contributed by atoms with Crippen molar-refractivity contribution >= 4 is 11.8 Å². The zero-order valence-corrected chi connectivity index (χ0v) is 8.38. The normalized spacial score (nSPS) is 10.0. The van der Waals surface area contributed by atoms with Crippen LogP contribution in [-0.4, -0.2) is 29.6 Å². The fourth-order valence-electron chi connectivity index (χ4n) is 0.964. The lowest BCUT2D eigenvalue weighted by Gasteiger charge is -2.05. The number of hydrogen-bond acceptors (Lipinski definition) is 4. The van der Waals surface area contributed by atoms with Crippen molar-refractivity contribution in [2.24, 2.45) is 0 Å². The number of aromatic nitrogens is 1. The first-order chi connectivity index (χ1) is 6.38. The van der Waals surface area contributed by atoms with E-state index in [4.69, 9.17) is 9.84 Å². The van der Waals surface area contributed by atoms with E-state index in [1.54, 1.807) is 25.1 Å². The molecule has 4 heteroatoms. The summed E-state index contributed by atoms with van der Waals surface area (Å²) in [5.41, 5.74) is 1.07. The van der Waals surface area contributed by atoms with Crippen LogP contribution in [0.1, 0.15) is 5.56 Å². The predicted octanol–water partition coefficient (Wildman–Crippen LogP) is 1.32. The molecular formula is C9H13NO2S. The molecule has 0 spiro atoms. The summed E-state index contributed by atoms with van der Waals surface area (Å²) in [6.07, 6.45) is 1.71. The molecule has 0 saturated heterocycles. The summed E-state index contributed by atoms with van der Waals surface area (Å²) in [5, 5.41) is 8.60. The Morgan fingerprint density at radius 2 is 2.46 bits per heavy atom. The van der Waals surface area contributed by atoms with Crippen molar-refractivity contribution < 1.29 is 9.84 Å². The molecule has 0 radical (unpaired) electrons. The molecule has 3 nitrogen and oxygen atoms in total. The van der Waals surface area contributed by atoms with Gasteiger partial charge in [-0.3, -0.25) is 0 Å². The fraction of sp³-hybridized carbons (Fsp3) is 0.444. The second-order valence-electron chi connectivity index (χ2n) is 2.45. The quantitative estimate of drug-likeness (QED) is 0.726. The molecule has 1 heterocycles.